The SMILES string of the molecule is C[CH]OCc1cccc2ccccc12. The minimum absolute atomic E-state index is 0.651. The van der Waals surface area contributed by atoms with Crippen molar-refractivity contribution in [1.82, 2.24) is 0 Å². The van der Waals surface area contributed by atoms with Crippen molar-refractivity contribution in [3.05, 3.63) is 54.6 Å². The maximum atomic E-state index is 5.30. The van der Waals surface area contributed by atoms with Crippen LogP contribution in [0.1, 0.15) is 12.5 Å². The molecular weight excluding hydrogens is 172 g/mol. The second-order valence-electron chi connectivity index (χ2n) is 3.18. The van der Waals surface area contributed by atoms with Gasteiger partial charge in [-0.3, -0.25) is 0 Å². The zero-order chi connectivity index (χ0) is 9.80. The summed E-state index contributed by atoms with van der Waals surface area (Å²) in [6.45, 7) is 4.27. The van der Waals surface area contributed by atoms with Crippen LogP contribution in [0.2, 0.25) is 0 Å². The molecular formula is C13H13O. The first-order valence-electron chi connectivity index (χ1n) is 4.78. The van der Waals surface area contributed by atoms with Crippen LogP contribution < -0.4 is 0 Å². The molecule has 0 fully saturated rings. The van der Waals surface area contributed by atoms with Crippen LogP contribution in [0.15, 0.2) is 42.5 Å². The highest BCUT2D eigenvalue weighted by Crippen LogP contribution is 2.19. The summed E-state index contributed by atoms with van der Waals surface area (Å²) < 4.78 is 5.30. The van der Waals surface area contributed by atoms with Gasteiger partial charge in [-0.25, -0.2) is 0 Å². The number of benzene rings is 2. The average molecular weight is 185 g/mol. The van der Waals surface area contributed by atoms with E-state index < -0.39 is 0 Å². The highest BCUT2D eigenvalue weighted by atomic mass is 16.5. The van der Waals surface area contributed by atoms with Gasteiger partial charge in [0.2, 0.25) is 0 Å². The Morgan fingerprint density at radius 1 is 1.07 bits per heavy atom. The largest absolute Gasteiger partial charge is 0.371 e. The molecule has 0 bridgehead atoms. The van der Waals surface area contributed by atoms with E-state index in [9.17, 15) is 0 Å². The lowest BCUT2D eigenvalue weighted by molar-refractivity contribution is 0.192. The summed E-state index contributed by atoms with van der Waals surface area (Å²) in [5.41, 5.74) is 1.24. The summed E-state index contributed by atoms with van der Waals surface area (Å²) in [7, 11) is 0. The second-order valence-corrected chi connectivity index (χ2v) is 3.18. The number of hydrogen-bond acceptors (Lipinski definition) is 1. The van der Waals surface area contributed by atoms with Gasteiger partial charge in [-0.15, -0.1) is 0 Å². The monoisotopic (exact) mass is 185 g/mol. The molecule has 1 heteroatoms. The Morgan fingerprint density at radius 3 is 2.71 bits per heavy atom. The van der Waals surface area contributed by atoms with Gasteiger partial charge >= 0.3 is 0 Å². The molecule has 0 aromatic heterocycles. The molecule has 0 N–H and O–H groups in total. The Labute approximate surface area is 84.3 Å². The van der Waals surface area contributed by atoms with Crippen LogP contribution in [0.5, 0.6) is 0 Å². The molecule has 14 heavy (non-hydrogen) atoms. The molecule has 0 saturated carbocycles. The van der Waals surface area contributed by atoms with Crippen LogP contribution in [0, 0.1) is 6.61 Å². The Bertz CT molecular complexity index is 415. The predicted octanol–water partition coefficient (Wildman–Crippen LogP) is 3.54. The first kappa shape index (κ1) is 9.22. The fraction of sp³-hybridized carbons (Fsp3) is 0.154. The molecule has 0 aliphatic rings. The third-order valence-corrected chi connectivity index (χ3v) is 2.29. The summed E-state index contributed by atoms with van der Waals surface area (Å²) in [6, 6.07) is 14.6. The first-order valence-corrected chi connectivity index (χ1v) is 4.78. The third-order valence-electron chi connectivity index (χ3n) is 2.29. The number of rotatable bonds is 3. The Balaban J connectivity index is 2.43. The summed E-state index contributed by atoms with van der Waals surface area (Å²) in [5, 5.41) is 2.54. The summed E-state index contributed by atoms with van der Waals surface area (Å²) in [5.74, 6) is 0. The molecule has 1 nitrogen and oxygen atoms in total. The predicted molar refractivity (Wildman–Crippen MR) is 58.7 cm³/mol. The number of fused-ring (bicyclic) bond motifs is 1. The van der Waals surface area contributed by atoms with Crippen LogP contribution in [0.25, 0.3) is 10.8 Å². The molecule has 1 radical (unpaired) electrons. The fourth-order valence-electron chi connectivity index (χ4n) is 1.59. The summed E-state index contributed by atoms with van der Waals surface area (Å²) in [6.07, 6.45) is 0. The first-order chi connectivity index (χ1) is 6.92. The normalized spacial score (nSPS) is 10.6. The van der Waals surface area contributed by atoms with Crippen LogP contribution in [-0.4, -0.2) is 0 Å². The van der Waals surface area contributed by atoms with Crippen molar-refractivity contribution in [3.63, 3.8) is 0 Å². The number of hydrogen-bond donors (Lipinski definition) is 0. The molecule has 0 aliphatic heterocycles. The van der Waals surface area contributed by atoms with E-state index in [1.165, 1.54) is 16.3 Å². The van der Waals surface area contributed by atoms with Crippen LogP contribution in [0.3, 0.4) is 0 Å². The topological polar surface area (TPSA) is 9.23 Å². The van der Waals surface area contributed by atoms with Crippen molar-refractivity contribution in [2.45, 2.75) is 13.5 Å². The van der Waals surface area contributed by atoms with Gasteiger partial charge in [0.1, 0.15) is 0 Å². The van der Waals surface area contributed by atoms with Crippen molar-refractivity contribution in [3.8, 4) is 0 Å². The van der Waals surface area contributed by atoms with Gasteiger partial charge in [-0.05, 0) is 23.3 Å². The highest BCUT2D eigenvalue weighted by molar-refractivity contribution is 5.85. The van der Waals surface area contributed by atoms with E-state index in [2.05, 4.69) is 42.5 Å². The molecule has 0 saturated heterocycles. The van der Waals surface area contributed by atoms with Gasteiger partial charge in [0.15, 0.2) is 0 Å². The van der Waals surface area contributed by atoms with E-state index in [4.69, 9.17) is 4.74 Å². The van der Waals surface area contributed by atoms with Crippen LogP contribution >= 0.6 is 0 Å². The lowest BCUT2D eigenvalue weighted by atomic mass is 10.1. The van der Waals surface area contributed by atoms with Crippen LogP contribution in [0.4, 0.5) is 0 Å². The summed E-state index contributed by atoms with van der Waals surface area (Å²) in [4.78, 5) is 0. The molecule has 0 spiro atoms. The van der Waals surface area contributed by atoms with Gasteiger partial charge in [-0.2, -0.15) is 0 Å². The molecule has 71 valence electrons. The minimum Gasteiger partial charge on any atom is -0.371 e. The van der Waals surface area contributed by atoms with Gasteiger partial charge in [0.25, 0.3) is 0 Å². The van der Waals surface area contributed by atoms with E-state index >= 15 is 0 Å². The van der Waals surface area contributed by atoms with E-state index in [0.717, 1.165) is 0 Å². The quantitative estimate of drug-likeness (QED) is 0.710. The maximum Gasteiger partial charge on any atom is 0.0810 e. The van der Waals surface area contributed by atoms with E-state index in [-0.39, 0.29) is 0 Å². The molecule has 2 rings (SSSR count). The van der Waals surface area contributed by atoms with E-state index in [1.807, 2.05) is 6.92 Å². The van der Waals surface area contributed by atoms with E-state index in [0.29, 0.717) is 6.61 Å². The maximum absolute atomic E-state index is 5.30. The molecule has 0 atom stereocenters. The lowest BCUT2D eigenvalue weighted by Gasteiger charge is -2.05. The molecule has 0 amide bonds. The average Bonchev–Trinajstić information content (AvgIpc) is 2.26. The molecule has 0 unspecified atom stereocenters. The molecule has 2 aromatic carbocycles. The van der Waals surface area contributed by atoms with E-state index in [1.54, 1.807) is 6.61 Å². The Hall–Kier alpha value is -1.34. The van der Waals surface area contributed by atoms with Crippen molar-refractivity contribution in [2.75, 3.05) is 0 Å². The minimum atomic E-state index is 0.651. The van der Waals surface area contributed by atoms with Gasteiger partial charge in [0, 0.05) is 0 Å². The van der Waals surface area contributed by atoms with Gasteiger partial charge in [0.05, 0.1) is 13.2 Å². The zero-order valence-electron chi connectivity index (χ0n) is 8.23. The fourth-order valence-corrected chi connectivity index (χ4v) is 1.59. The van der Waals surface area contributed by atoms with Crippen molar-refractivity contribution in [1.29, 1.82) is 0 Å². The smallest absolute Gasteiger partial charge is 0.0810 e. The Morgan fingerprint density at radius 2 is 1.86 bits per heavy atom. The van der Waals surface area contributed by atoms with Gasteiger partial charge in [-0.1, -0.05) is 42.5 Å². The third kappa shape index (κ3) is 1.78. The van der Waals surface area contributed by atoms with Crippen molar-refractivity contribution in [2.24, 2.45) is 0 Å². The molecule has 2 aromatic rings. The molecule has 0 heterocycles. The highest BCUT2D eigenvalue weighted by Gasteiger charge is 1.98. The van der Waals surface area contributed by atoms with Crippen molar-refractivity contribution < 1.29 is 4.74 Å². The van der Waals surface area contributed by atoms with Crippen LogP contribution in [-0.2, 0) is 11.3 Å². The lowest BCUT2D eigenvalue weighted by Crippen LogP contribution is -1.89. The number of ether oxygens (including phenoxy) is 1. The summed E-state index contributed by atoms with van der Waals surface area (Å²) >= 11 is 0. The van der Waals surface area contributed by atoms with Gasteiger partial charge < -0.3 is 4.74 Å². The van der Waals surface area contributed by atoms with Crippen molar-refractivity contribution >= 4 is 10.8 Å². The standard InChI is InChI=1S/C13H13O/c1-2-14-10-12-8-5-7-11-6-3-4-9-13(11)12/h2-9H,10H2,1H3. The zero-order valence-corrected chi connectivity index (χ0v) is 8.23. The molecule has 0 aliphatic carbocycles. The second kappa shape index (κ2) is 4.25. The Kier molecular flexibility index (Phi) is 2.80.